The van der Waals surface area contributed by atoms with Gasteiger partial charge in [-0.1, -0.05) is 12.1 Å². The summed E-state index contributed by atoms with van der Waals surface area (Å²) in [7, 11) is 1.78. The van der Waals surface area contributed by atoms with E-state index in [4.69, 9.17) is 9.73 Å². The van der Waals surface area contributed by atoms with Gasteiger partial charge in [0, 0.05) is 50.0 Å². The van der Waals surface area contributed by atoms with E-state index in [2.05, 4.69) is 10.3 Å². The van der Waals surface area contributed by atoms with Gasteiger partial charge in [-0.15, -0.1) is 11.3 Å². The SMILES string of the molecule is CCOC(=O)C1=C(CN2CC(F)(F)C3C2CN(C)N3CC2CC(C)(C(=O)O)C2)NC(c2nccs2)=NC1c1cccc(F)c1C. The number of nitrogens with one attached hydrogen (secondary N) is 1. The van der Waals surface area contributed by atoms with Gasteiger partial charge < -0.3 is 15.2 Å². The highest BCUT2D eigenvalue weighted by molar-refractivity contribution is 7.11. The maximum atomic E-state index is 15.9. The summed E-state index contributed by atoms with van der Waals surface area (Å²) in [6.45, 7) is 5.21. The second-order valence-corrected chi connectivity index (χ2v) is 13.6. The summed E-state index contributed by atoms with van der Waals surface area (Å²) in [5.41, 5.74) is 0.474. The highest BCUT2D eigenvalue weighted by atomic mass is 32.1. The van der Waals surface area contributed by atoms with Crippen LogP contribution in [0.5, 0.6) is 0 Å². The lowest BCUT2D eigenvalue weighted by atomic mass is 9.63. The number of nitrogens with zero attached hydrogens (tertiary/aromatic N) is 5. The second kappa shape index (κ2) is 11.8. The summed E-state index contributed by atoms with van der Waals surface area (Å²) < 4.78 is 52.0. The average molecular weight is 647 g/mol. The van der Waals surface area contributed by atoms with Gasteiger partial charge in [-0.2, -0.15) is 0 Å². The van der Waals surface area contributed by atoms with Gasteiger partial charge in [-0.05, 0) is 56.7 Å². The fourth-order valence-electron chi connectivity index (χ4n) is 7.36. The van der Waals surface area contributed by atoms with Gasteiger partial charge in [0.2, 0.25) is 0 Å². The van der Waals surface area contributed by atoms with Gasteiger partial charge in [0.05, 0.1) is 24.1 Å². The maximum absolute atomic E-state index is 15.9. The zero-order chi connectivity index (χ0) is 32.3. The van der Waals surface area contributed by atoms with Crippen LogP contribution in [0.1, 0.15) is 48.9 Å². The number of carbonyl (C=O) groups excluding carboxylic acids is 1. The van der Waals surface area contributed by atoms with Crippen LogP contribution in [-0.2, 0) is 14.3 Å². The van der Waals surface area contributed by atoms with Crippen molar-refractivity contribution in [2.75, 3.05) is 39.8 Å². The lowest BCUT2D eigenvalue weighted by molar-refractivity contribution is -0.160. The lowest BCUT2D eigenvalue weighted by Gasteiger charge is -2.45. The number of likely N-dealkylation sites (N-methyl/N-ethyl adjacent to an activating group) is 1. The number of benzene rings is 1. The van der Waals surface area contributed by atoms with Crippen LogP contribution in [0.25, 0.3) is 0 Å². The highest BCUT2D eigenvalue weighted by Crippen LogP contribution is 2.48. The standard InChI is InChI=1S/C31H37F3N6O4S/c1-5-44-28(41)23-21(36-26(27-35-9-10-45-27)37-24(23)19-7-6-8-20(32)17(19)2)14-39-16-31(33,34)25-22(39)15-38(4)40(25)13-18-11-30(3,12-18)29(42)43/h6-10,18,22,24-25H,5,11-16H2,1-4H3,(H,36,37)(H,42,43). The second-order valence-electron chi connectivity index (χ2n) is 12.7. The topological polar surface area (TPSA) is 111 Å². The summed E-state index contributed by atoms with van der Waals surface area (Å²) in [5.74, 6) is -4.67. The maximum Gasteiger partial charge on any atom is 0.338 e. The van der Waals surface area contributed by atoms with Crippen LogP contribution < -0.4 is 5.32 Å². The van der Waals surface area contributed by atoms with Crippen molar-refractivity contribution in [2.24, 2.45) is 16.3 Å². The van der Waals surface area contributed by atoms with E-state index in [0.29, 0.717) is 53.6 Å². The molecule has 242 valence electrons. The number of thiazole rings is 1. The number of fused-ring (bicyclic) bond motifs is 1. The Balaban J connectivity index is 1.34. The first-order valence-electron chi connectivity index (χ1n) is 15.1. The van der Waals surface area contributed by atoms with Gasteiger partial charge in [0.1, 0.15) is 17.9 Å². The number of halogens is 3. The number of carbonyl (C=O) groups is 2. The number of alkyl halides is 2. The zero-order valence-electron chi connectivity index (χ0n) is 25.6. The van der Waals surface area contributed by atoms with E-state index >= 15 is 8.78 Å². The van der Waals surface area contributed by atoms with Crippen LogP contribution in [0.4, 0.5) is 13.2 Å². The number of carboxylic acid groups (broad SMARTS) is 1. The van der Waals surface area contributed by atoms with Gasteiger partial charge in [0.25, 0.3) is 5.92 Å². The molecule has 14 heteroatoms. The van der Waals surface area contributed by atoms with Crippen LogP contribution in [0.2, 0.25) is 0 Å². The molecule has 6 rings (SSSR count). The van der Waals surface area contributed by atoms with E-state index in [1.807, 2.05) is 5.01 Å². The Hall–Kier alpha value is -3.33. The van der Waals surface area contributed by atoms with E-state index in [1.165, 1.54) is 17.4 Å². The molecule has 3 unspecified atom stereocenters. The molecule has 1 aliphatic carbocycles. The molecule has 45 heavy (non-hydrogen) atoms. The molecule has 4 aliphatic rings. The minimum atomic E-state index is -3.07. The molecule has 0 bridgehead atoms. The average Bonchev–Trinajstić information content (AvgIpc) is 3.67. The molecule has 2 aromatic rings. The summed E-state index contributed by atoms with van der Waals surface area (Å²) in [6, 6.07) is 1.97. The predicted octanol–water partition coefficient (Wildman–Crippen LogP) is 3.85. The predicted molar refractivity (Wildman–Crippen MR) is 161 cm³/mol. The fraction of sp³-hybridized carbons (Fsp3) is 0.548. The summed E-state index contributed by atoms with van der Waals surface area (Å²) >= 11 is 1.33. The number of likely N-dealkylation sites (tertiary alicyclic amines) is 1. The normalized spacial score (nSPS) is 30.1. The van der Waals surface area contributed by atoms with Crippen LogP contribution in [0.15, 0.2) is 46.0 Å². The van der Waals surface area contributed by atoms with Crippen LogP contribution >= 0.6 is 11.3 Å². The zero-order valence-corrected chi connectivity index (χ0v) is 26.4. The molecule has 0 spiro atoms. The minimum Gasteiger partial charge on any atom is -0.481 e. The fourth-order valence-corrected chi connectivity index (χ4v) is 7.95. The first kappa shape index (κ1) is 31.6. The summed E-state index contributed by atoms with van der Waals surface area (Å²) in [5, 5.41) is 18.6. The van der Waals surface area contributed by atoms with Crippen LogP contribution in [-0.4, -0.2) is 101 Å². The molecule has 1 aromatic heterocycles. The van der Waals surface area contributed by atoms with Crippen molar-refractivity contribution in [3.63, 3.8) is 0 Å². The van der Waals surface area contributed by atoms with Crippen molar-refractivity contribution in [1.29, 1.82) is 0 Å². The molecule has 2 N–H and O–H groups in total. The van der Waals surface area contributed by atoms with Crippen molar-refractivity contribution in [1.82, 2.24) is 25.2 Å². The van der Waals surface area contributed by atoms with E-state index in [1.54, 1.807) is 61.4 Å². The molecule has 0 amide bonds. The van der Waals surface area contributed by atoms with Gasteiger partial charge in [-0.25, -0.2) is 33.0 Å². The number of amidine groups is 1. The molecule has 0 radical (unpaired) electrons. The molecule has 3 aliphatic heterocycles. The first-order valence-corrected chi connectivity index (χ1v) is 15.9. The molecule has 1 aromatic carbocycles. The molecule has 1 saturated carbocycles. The van der Waals surface area contributed by atoms with E-state index in [9.17, 15) is 19.1 Å². The largest absolute Gasteiger partial charge is 0.481 e. The third-order valence-electron chi connectivity index (χ3n) is 9.55. The Bertz CT molecular complexity index is 1540. The van der Waals surface area contributed by atoms with Gasteiger partial charge in [-0.3, -0.25) is 14.7 Å². The van der Waals surface area contributed by atoms with Gasteiger partial charge in [0.15, 0.2) is 10.8 Å². The van der Waals surface area contributed by atoms with Crippen molar-refractivity contribution in [3.05, 3.63) is 63.0 Å². The molecule has 3 fully saturated rings. The van der Waals surface area contributed by atoms with Gasteiger partial charge >= 0.3 is 11.9 Å². The number of hydrogen-bond acceptors (Lipinski definition) is 10. The van der Waals surface area contributed by atoms with Crippen LogP contribution in [0, 0.1) is 24.1 Å². The number of carboxylic acids is 1. The lowest BCUT2D eigenvalue weighted by Crippen LogP contribution is -2.53. The quantitative estimate of drug-likeness (QED) is 0.393. The number of rotatable bonds is 9. The first-order chi connectivity index (χ1) is 21.3. The molecule has 3 atom stereocenters. The monoisotopic (exact) mass is 646 g/mol. The highest BCUT2D eigenvalue weighted by Gasteiger charge is 2.62. The van der Waals surface area contributed by atoms with Crippen molar-refractivity contribution < 1.29 is 32.6 Å². The third-order valence-corrected chi connectivity index (χ3v) is 10.3. The Labute approximate surface area is 263 Å². The number of hydrogen-bond donors (Lipinski definition) is 2. The Kier molecular flexibility index (Phi) is 8.29. The van der Waals surface area contributed by atoms with E-state index in [0.717, 1.165) is 0 Å². The molecule has 10 nitrogen and oxygen atoms in total. The minimum absolute atomic E-state index is 0.00242. The number of aromatic nitrogens is 1. The Morgan fingerprint density at radius 2 is 2.02 bits per heavy atom. The smallest absolute Gasteiger partial charge is 0.338 e. The van der Waals surface area contributed by atoms with Crippen molar-refractivity contribution >= 4 is 29.1 Å². The third kappa shape index (κ3) is 5.66. The number of hydrazine groups is 1. The molecular weight excluding hydrogens is 609 g/mol. The van der Waals surface area contributed by atoms with E-state index in [-0.39, 0.29) is 24.6 Å². The van der Waals surface area contributed by atoms with Crippen molar-refractivity contribution in [3.8, 4) is 0 Å². The number of aliphatic imine (C=N–C) groups is 1. The number of esters is 1. The Morgan fingerprint density at radius 3 is 2.69 bits per heavy atom. The van der Waals surface area contributed by atoms with E-state index < -0.39 is 53.8 Å². The Morgan fingerprint density at radius 1 is 1.27 bits per heavy atom. The molecule has 2 saturated heterocycles. The summed E-state index contributed by atoms with van der Waals surface area (Å²) in [6.07, 6.45) is 2.50. The molecule has 4 heterocycles. The molecular formula is C31H37F3N6O4S. The van der Waals surface area contributed by atoms with Crippen LogP contribution in [0.3, 0.4) is 0 Å². The summed E-state index contributed by atoms with van der Waals surface area (Å²) in [4.78, 5) is 36.0. The number of aliphatic carboxylic acids is 1. The number of ether oxygens (including phenoxy) is 1. The van der Waals surface area contributed by atoms with Crippen molar-refractivity contribution in [2.45, 2.75) is 57.7 Å².